The van der Waals surface area contributed by atoms with E-state index in [1.807, 2.05) is 54.6 Å². The van der Waals surface area contributed by atoms with Crippen LogP contribution in [0.4, 0.5) is 0 Å². The van der Waals surface area contributed by atoms with Crippen molar-refractivity contribution < 1.29 is 9.90 Å². The maximum Gasteiger partial charge on any atom is 0.336 e. The molecule has 92 valence electrons. The van der Waals surface area contributed by atoms with E-state index in [-0.39, 0.29) is 0 Å². The number of aromatic carboxylic acids is 1. The number of carbonyl (C=O) groups is 1. The van der Waals surface area contributed by atoms with Gasteiger partial charge in [-0.1, -0.05) is 60.7 Å². The predicted octanol–water partition coefficient (Wildman–Crippen LogP) is 4.21. The van der Waals surface area contributed by atoms with Gasteiger partial charge in [0.2, 0.25) is 0 Å². The number of carboxylic acid groups (broad SMARTS) is 1. The number of fused-ring (bicyclic) bond motifs is 1. The molecule has 0 saturated heterocycles. The lowest BCUT2D eigenvalue weighted by atomic mass is 9.96. The molecular weight excluding hydrogens is 236 g/mol. The second-order valence-electron chi connectivity index (χ2n) is 4.38. The van der Waals surface area contributed by atoms with Gasteiger partial charge < -0.3 is 5.11 Å². The highest BCUT2D eigenvalue weighted by molar-refractivity contribution is 6.08. The van der Waals surface area contributed by atoms with E-state index in [1.165, 1.54) is 0 Å². The van der Waals surface area contributed by atoms with Gasteiger partial charge in [-0.3, -0.25) is 0 Å². The van der Waals surface area contributed by atoms with E-state index in [2.05, 4.69) is 0 Å². The Morgan fingerprint density at radius 1 is 0.737 bits per heavy atom. The minimum Gasteiger partial charge on any atom is -0.478 e. The first-order valence-electron chi connectivity index (χ1n) is 6.08. The highest BCUT2D eigenvalue weighted by Gasteiger charge is 2.10. The van der Waals surface area contributed by atoms with E-state index >= 15 is 0 Å². The van der Waals surface area contributed by atoms with Crippen LogP contribution < -0.4 is 0 Å². The molecule has 0 amide bonds. The number of hydrogen-bond donors (Lipinski definition) is 1. The second kappa shape index (κ2) is 4.58. The number of hydrogen-bond acceptors (Lipinski definition) is 1. The van der Waals surface area contributed by atoms with Crippen LogP contribution in [0.1, 0.15) is 10.4 Å². The molecule has 0 bridgehead atoms. The zero-order valence-corrected chi connectivity index (χ0v) is 10.2. The van der Waals surface area contributed by atoms with Crippen molar-refractivity contribution in [2.45, 2.75) is 0 Å². The van der Waals surface area contributed by atoms with E-state index in [4.69, 9.17) is 0 Å². The van der Waals surface area contributed by atoms with Crippen molar-refractivity contribution in [1.29, 1.82) is 0 Å². The van der Waals surface area contributed by atoms with Gasteiger partial charge in [-0.15, -0.1) is 0 Å². The molecule has 3 aromatic carbocycles. The van der Waals surface area contributed by atoms with E-state index in [0.29, 0.717) is 5.56 Å². The van der Waals surface area contributed by atoms with Crippen LogP contribution in [0.15, 0.2) is 66.7 Å². The monoisotopic (exact) mass is 248 g/mol. The molecule has 0 aliphatic heterocycles. The summed E-state index contributed by atoms with van der Waals surface area (Å²) >= 11 is 0. The van der Waals surface area contributed by atoms with Gasteiger partial charge in [-0.05, 0) is 28.0 Å². The third-order valence-electron chi connectivity index (χ3n) is 3.24. The Morgan fingerprint density at radius 3 is 2.16 bits per heavy atom. The average molecular weight is 248 g/mol. The Balaban J connectivity index is 2.34. The zero-order chi connectivity index (χ0) is 13.2. The van der Waals surface area contributed by atoms with E-state index in [9.17, 15) is 9.90 Å². The molecule has 3 aromatic rings. The summed E-state index contributed by atoms with van der Waals surface area (Å²) in [5.41, 5.74) is 2.49. The summed E-state index contributed by atoms with van der Waals surface area (Å²) in [6.45, 7) is 0. The maximum absolute atomic E-state index is 11.3. The normalized spacial score (nSPS) is 10.5. The van der Waals surface area contributed by atoms with Crippen molar-refractivity contribution in [3.05, 3.63) is 72.3 Å². The fraction of sp³-hybridized carbons (Fsp3) is 0. The first-order valence-corrected chi connectivity index (χ1v) is 6.08. The lowest BCUT2D eigenvalue weighted by Gasteiger charge is -2.08. The molecule has 0 unspecified atom stereocenters. The summed E-state index contributed by atoms with van der Waals surface area (Å²) < 4.78 is 0. The first kappa shape index (κ1) is 11.5. The van der Waals surface area contributed by atoms with Crippen molar-refractivity contribution in [3.63, 3.8) is 0 Å². The molecule has 3 rings (SSSR count). The summed E-state index contributed by atoms with van der Waals surface area (Å²) in [6, 6.07) is 21.2. The standard InChI is InChI=1S/C17H12O2/c18-17(19)16-11-5-9-14-13(8-4-10-15(14)16)12-6-2-1-3-7-12/h1-11H,(H,18,19). The van der Waals surface area contributed by atoms with Crippen LogP contribution in [0.2, 0.25) is 0 Å². The van der Waals surface area contributed by atoms with Gasteiger partial charge in [0.15, 0.2) is 0 Å². The predicted molar refractivity (Wildman–Crippen MR) is 76.3 cm³/mol. The molecule has 0 fully saturated rings. The minimum atomic E-state index is -0.893. The largest absolute Gasteiger partial charge is 0.478 e. The Hall–Kier alpha value is -2.61. The molecular formula is C17H12O2. The lowest BCUT2D eigenvalue weighted by Crippen LogP contribution is -1.97. The Morgan fingerprint density at radius 2 is 1.42 bits per heavy atom. The van der Waals surface area contributed by atoms with E-state index < -0.39 is 5.97 Å². The summed E-state index contributed by atoms with van der Waals surface area (Å²) in [5, 5.41) is 11.0. The van der Waals surface area contributed by atoms with Gasteiger partial charge >= 0.3 is 5.97 Å². The van der Waals surface area contributed by atoms with Crippen molar-refractivity contribution in [1.82, 2.24) is 0 Å². The van der Waals surface area contributed by atoms with Gasteiger partial charge in [0.05, 0.1) is 5.56 Å². The molecule has 0 spiro atoms. The highest BCUT2D eigenvalue weighted by Crippen LogP contribution is 2.30. The molecule has 19 heavy (non-hydrogen) atoms. The van der Waals surface area contributed by atoms with Crippen LogP contribution in [-0.4, -0.2) is 11.1 Å². The van der Waals surface area contributed by atoms with E-state index in [0.717, 1.165) is 21.9 Å². The van der Waals surface area contributed by atoms with Gasteiger partial charge in [0, 0.05) is 0 Å². The smallest absolute Gasteiger partial charge is 0.336 e. The number of rotatable bonds is 2. The van der Waals surface area contributed by atoms with Crippen LogP contribution in [-0.2, 0) is 0 Å². The van der Waals surface area contributed by atoms with Gasteiger partial charge in [0.1, 0.15) is 0 Å². The van der Waals surface area contributed by atoms with Crippen molar-refractivity contribution in [2.75, 3.05) is 0 Å². The highest BCUT2D eigenvalue weighted by atomic mass is 16.4. The van der Waals surface area contributed by atoms with Crippen LogP contribution in [0, 0.1) is 0 Å². The molecule has 0 heterocycles. The Kier molecular flexibility index (Phi) is 2.76. The van der Waals surface area contributed by atoms with Crippen LogP contribution in [0.5, 0.6) is 0 Å². The molecule has 2 nitrogen and oxygen atoms in total. The summed E-state index contributed by atoms with van der Waals surface area (Å²) in [7, 11) is 0. The zero-order valence-electron chi connectivity index (χ0n) is 10.2. The average Bonchev–Trinajstić information content (AvgIpc) is 2.46. The third-order valence-corrected chi connectivity index (χ3v) is 3.24. The van der Waals surface area contributed by atoms with Crippen LogP contribution in [0.3, 0.4) is 0 Å². The molecule has 2 heteroatoms. The Bertz CT molecular complexity index is 746. The van der Waals surface area contributed by atoms with E-state index in [1.54, 1.807) is 12.1 Å². The van der Waals surface area contributed by atoms with Gasteiger partial charge in [-0.25, -0.2) is 4.79 Å². The van der Waals surface area contributed by atoms with Crippen molar-refractivity contribution in [3.8, 4) is 11.1 Å². The van der Waals surface area contributed by atoms with Crippen LogP contribution >= 0.6 is 0 Å². The topological polar surface area (TPSA) is 37.3 Å². The molecule has 0 radical (unpaired) electrons. The lowest BCUT2D eigenvalue weighted by molar-refractivity contribution is 0.0699. The second-order valence-corrected chi connectivity index (χ2v) is 4.38. The maximum atomic E-state index is 11.3. The molecule has 0 aromatic heterocycles. The molecule has 0 aliphatic rings. The quantitative estimate of drug-likeness (QED) is 0.737. The third kappa shape index (κ3) is 1.97. The summed E-state index contributed by atoms with van der Waals surface area (Å²) in [6.07, 6.45) is 0. The van der Waals surface area contributed by atoms with Crippen molar-refractivity contribution >= 4 is 16.7 Å². The molecule has 1 N–H and O–H groups in total. The fourth-order valence-electron chi connectivity index (χ4n) is 2.37. The first-order chi connectivity index (χ1) is 9.27. The van der Waals surface area contributed by atoms with Gasteiger partial charge in [0.25, 0.3) is 0 Å². The molecule has 0 atom stereocenters. The Labute approximate surface area is 110 Å². The number of carboxylic acids is 1. The number of benzene rings is 3. The summed E-state index contributed by atoms with van der Waals surface area (Å²) in [5.74, 6) is -0.893. The van der Waals surface area contributed by atoms with Crippen LogP contribution in [0.25, 0.3) is 21.9 Å². The minimum absolute atomic E-state index is 0.343. The SMILES string of the molecule is O=C(O)c1cccc2c(-c3ccccc3)cccc12. The van der Waals surface area contributed by atoms with Crippen molar-refractivity contribution in [2.24, 2.45) is 0 Å². The molecule has 0 saturated carbocycles. The fourth-order valence-corrected chi connectivity index (χ4v) is 2.37. The molecule has 0 aliphatic carbocycles. The van der Waals surface area contributed by atoms with Gasteiger partial charge in [-0.2, -0.15) is 0 Å². The summed E-state index contributed by atoms with van der Waals surface area (Å²) in [4.78, 5) is 11.3.